The van der Waals surface area contributed by atoms with Gasteiger partial charge in [0.25, 0.3) is 0 Å². The van der Waals surface area contributed by atoms with Crippen LogP contribution in [0.15, 0.2) is 41.1 Å². The van der Waals surface area contributed by atoms with Crippen LogP contribution in [0.25, 0.3) is 0 Å². The molecule has 0 aliphatic heterocycles. The van der Waals surface area contributed by atoms with Crippen LogP contribution in [0, 0.1) is 0 Å². The van der Waals surface area contributed by atoms with E-state index in [9.17, 15) is 13.2 Å². The lowest BCUT2D eigenvalue weighted by Crippen LogP contribution is -2.50. The van der Waals surface area contributed by atoms with Crippen LogP contribution < -0.4 is 4.74 Å². The van der Waals surface area contributed by atoms with Crippen LogP contribution in [0.4, 0.5) is 13.2 Å². The summed E-state index contributed by atoms with van der Waals surface area (Å²) >= 11 is 3.32. The number of aromatic nitrogens is 2. The fourth-order valence-electron chi connectivity index (χ4n) is 2.27. The Labute approximate surface area is 161 Å². The Morgan fingerprint density at radius 2 is 1.92 bits per heavy atom. The molecule has 0 bridgehead atoms. The highest BCUT2D eigenvalue weighted by Gasteiger charge is 2.55. The molecule has 1 aromatic heterocycles. The van der Waals surface area contributed by atoms with Crippen LogP contribution in [0.3, 0.4) is 0 Å². The molecular formula is C17H22BrF3N2O2S. The number of ether oxygens (including phenoxy) is 1. The van der Waals surface area contributed by atoms with E-state index in [0.717, 1.165) is 17.0 Å². The molecule has 0 saturated carbocycles. The molecule has 0 aliphatic carbocycles. The zero-order valence-electron chi connectivity index (χ0n) is 15.0. The predicted molar refractivity (Wildman–Crippen MR) is 102 cm³/mol. The largest absolute Gasteiger partial charge is 0.490 e. The lowest BCUT2D eigenvalue weighted by Gasteiger charge is -2.39. The quantitative estimate of drug-likeness (QED) is 0.589. The van der Waals surface area contributed by atoms with Gasteiger partial charge in [-0.2, -0.15) is 18.3 Å². The van der Waals surface area contributed by atoms with Crippen molar-refractivity contribution in [2.45, 2.75) is 25.2 Å². The zero-order chi connectivity index (χ0) is 19.6. The molecule has 2 rings (SSSR count). The maximum Gasteiger partial charge on any atom is 0.421 e. The highest BCUT2D eigenvalue weighted by molar-refractivity contribution is 9.10. The number of benzene rings is 1. The van der Waals surface area contributed by atoms with E-state index in [2.05, 4.69) is 21.0 Å². The first-order chi connectivity index (χ1) is 11.9. The summed E-state index contributed by atoms with van der Waals surface area (Å²) in [4.78, 5) is 0. The summed E-state index contributed by atoms with van der Waals surface area (Å²) in [5, 5.41) is 4.16. The molecule has 0 fully saturated rings. The Hall–Kier alpha value is -1.19. The van der Waals surface area contributed by atoms with E-state index in [4.69, 9.17) is 8.92 Å². The van der Waals surface area contributed by atoms with Crippen LogP contribution in [-0.2, 0) is 10.7 Å². The summed E-state index contributed by atoms with van der Waals surface area (Å²) in [6, 6.07) is 6.94. The summed E-state index contributed by atoms with van der Waals surface area (Å²) in [6.45, 7) is 0.899. The van der Waals surface area contributed by atoms with Gasteiger partial charge in [0.1, 0.15) is 12.4 Å². The number of hydrogen-bond acceptors (Lipinski definition) is 3. The van der Waals surface area contributed by atoms with Crippen molar-refractivity contribution in [2.75, 3.05) is 25.4 Å². The smallest absolute Gasteiger partial charge is 0.421 e. The molecule has 0 radical (unpaired) electrons. The number of alkyl halides is 3. The SMILES string of the molecule is CC(COc1cccc(Cn2cc(Br)cn2)c1)(OS(C)(C)C)C(F)(F)F. The van der Waals surface area contributed by atoms with Crippen LogP contribution >= 0.6 is 26.2 Å². The third-order valence-electron chi connectivity index (χ3n) is 3.39. The van der Waals surface area contributed by atoms with Gasteiger partial charge in [-0.3, -0.25) is 4.68 Å². The van der Waals surface area contributed by atoms with Crippen molar-refractivity contribution < 1.29 is 22.1 Å². The van der Waals surface area contributed by atoms with Gasteiger partial charge >= 0.3 is 6.18 Å². The van der Waals surface area contributed by atoms with E-state index in [1.807, 2.05) is 12.3 Å². The van der Waals surface area contributed by atoms with Gasteiger partial charge in [-0.1, -0.05) is 12.1 Å². The molecule has 1 aromatic carbocycles. The van der Waals surface area contributed by atoms with Gasteiger partial charge in [0.15, 0.2) is 0 Å². The maximum absolute atomic E-state index is 13.5. The summed E-state index contributed by atoms with van der Waals surface area (Å²) < 4.78 is 53.9. The standard InChI is InChI=1S/C17H22BrF3N2O2S/c1-16(17(19,20)21,25-26(2,3)4)12-24-15-7-5-6-13(8-15)10-23-11-14(18)9-22-23/h5-9,11H,10,12H2,1-4H3. The summed E-state index contributed by atoms with van der Waals surface area (Å²) in [5.74, 6) is 0.358. The summed E-state index contributed by atoms with van der Waals surface area (Å²) in [6.07, 6.45) is 3.95. The molecule has 0 aliphatic rings. The second kappa shape index (κ2) is 7.82. The van der Waals surface area contributed by atoms with Crippen LogP contribution in [0.1, 0.15) is 12.5 Å². The Morgan fingerprint density at radius 3 is 2.46 bits per heavy atom. The predicted octanol–water partition coefficient (Wildman–Crippen LogP) is 5.02. The topological polar surface area (TPSA) is 36.3 Å². The van der Waals surface area contributed by atoms with Crippen molar-refractivity contribution in [1.82, 2.24) is 9.78 Å². The third kappa shape index (κ3) is 5.92. The normalized spacial score (nSPS) is 15.5. The van der Waals surface area contributed by atoms with E-state index in [1.165, 1.54) is 0 Å². The molecule has 0 spiro atoms. The lowest BCUT2D eigenvalue weighted by molar-refractivity contribution is -0.247. The monoisotopic (exact) mass is 454 g/mol. The third-order valence-corrected chi connectivity index (χ3v) is 4.67. The summed E-state index contributed by atoms with van der Waals surface area (Å²) in [5.41, 5.74) is -1.50. The molecule has 0 N–H and O–H groups in total. The average molecular weight is 455 g/mol. The van der Waals surface area contributed by atoms with Crippen molar-refractivity contribution in [3.8, 4) is 5.75 Å². The van der Waals surface area contributed by atoms with Gasteiger partial charge < -0.3 is 8.92 Å². The van der Waals surface area contributed by atoms with Gasteiger partial charge in [-0.05, 0) is 59.3 Å². The van der Waals surface area contributed by atoms with Crippen molar-refractivity contribution >= 4 is 26.2 Å². The molecule has 1 atom stereocenters. The molecule has 1 unspecified atom stereocenters. The highest BCUT2D eigenvalue weighted by atomic mass is 79.9. The van der Waals surface area contributed by atoms with Crippen molar-refractivity contribution in [1.29, 1.82) is 0 Å². The molecule has 4 nitrogen and oxygen atoms in total. The molecule has 146 valence electrons. The first-order valence-corrected chi connectivity index (χ1v) is 11.3. The highest BCUT2D eigenvalue weighted by Crippen LogP contribution is 2.47. The molecule has 1 heterocycles. The van der Waals surface area contributed by atoms with Crippen LogP contribution in [-0.4, -0.2) is 46.9 Å². The van der Waals surface area contributed by atoms with E-state index in [0.29, 0.717) is 12.3 Å². The van der Waals surface area contributed by atoms with Crippen molar-refractivity contribution in [3.05, 3.63) is 46.7 Å². The van der Waals surface area contributed by atoms with Gasteiger partial charge in [-0.25, -0.2) is 0 Å². The van der Waals surface area contributed by atoms with Crippen LogP contribution in [0.2, 0.25) is 0 Å². The fourth-order valence-corrected chi connectivity index (χ4v) is 3.85. The lowest BCUT2D eigenvalue weighted by atomic mass is 10.1. The van der Waals surface area contributed by atoms with E-state index in [-0.39, 0.29) is 0 Å². The van der Waals surface area contributed by atoms with E-state index < -0.39 is 28.7 Å². The first-order valence-electron chi connectivity index (χ1n) is 7.73. The first kappa shape index (κ1) is 21.1. The molecule has 0 saturated heterocycles. The zero-order valence-corrected chi connectivity index (χ0v) is 17.4. The molecule has 2 aromatic rings. The fraction of sp³-hybridized carbons (Fsp3) is 0.471. The van der Waals surface area contributed by atoms with Gasteiger partial charge in [0.2, 0.25) is 5.60 Å². The van der Waals surface area contributed by atoms with Gasteiger partial charge in [0, 0.05) is 6.20 Å². The van der Waals surface area contributed by atoms with Crippen molar-refractivity contribution in [2.24, 2.45) is 0 Å². The van der Waals surface area contributed by atoms with Gasteiger partial charge in [0.05, 0.1) is 17.2 Å². The summed E-state index contributed by atoms with van der Waals surface area (Å²) in [7, 11) is -1.83. The van der Waals surface area contributed by atoms with Crippen molar-refractivity contribution in [3.63, 3.8) is 0 Å². The number of halogens is 4. The second-order valence-corrected chi connectivity index (χ2v) is 11.4. The molecular weight excluding hydrogens is 433 g/mol. The minimum atomic E-state index is -4.54. The Bertz CT molecular complexity index is 746. The Kier molecular flexibility index (Phi) is 6.35. The molecule has 26 heavy (non-hydrogen) atoms. The number of rotatable bonds is 7. The Balaban J connectivity index is 2.10. The minimum absolute atomic E-state index is 0.358. The minimum Gasteiger partial charge on any atom is -0.490 e. The Morgan fingerprint density at radius 1 is 1.23 bits per heavy atom. The van der Waals surface area contributed by atoms with Gasteiger partial charge in [-0.15, -0.1) is 10.3 Å². The molecule has 9 heteroatoms. The van der Waals surface area contributed by atoms with E-state index >= 15 is 0 Å². The number of nitrogens with zero attached hydrogens (tertiary/aromatic N) is 2. The average Bonchev–Trinajstić information content (AvgIpc) is 2.88. The maximum atomic E-state index is 13.5. The van der Waals surface area contributed by atoms with Crippen LogP contribution in [0.5, 0.6) is 5.75 Å². The van der Waals surface area contributed by atoms with E-state index in [1.54, 1.807) is 47.8 Å². The second-order valence-electron chi connectivity index (χ2n) is 6.83. The number of hydrogen-bond donors (Lipinski definition) is 0. The molecule has 0 amide bonds.